The average molecular weight is 524 g/mol. The van der Waals surface area contributed by atoms with Crippen LogP contribution in [0.5, 0.6) is 0 Å². The minimum atomic E-state index is -1.30. The van der Waals surface area contributed by atoms with E-state index < -0.39 is 23.2 Å². The van der Waals surface area contributed by atoms with Crippen LogP contribution < -0.4 is 11.1 Å². The molecule has 3 N–H and O–H groups in total. The largest absolute Gasteiger partial charge is 0.368 e. The maximum absolute atomic E-state index is 13.6. The van der Waals surface area contributed by atoms with E-state index in [2.05, 4.69) is 26.8 Å². The van der Waals surface area contributed by atoms with Crippen LogP contribution in [-0.2, 0) is 16.1 Å². The first-order valence-electron chi connectivity index (χ1n) is 11.5. The molecule has 37 heavy (non-hydrogen) atoms. The first-order chi connectivity index (χ1) is 17.8. The smallest absolute Gasteiger partial charge is 0.282 e. The van der Waals surface area contributed by atoms with Crippen LogP contribution in [0.15, 0.2) is 61.5 Å². The summed E-state index contributed by atoms with van der Waals surface area (Å²) in [6.07, 6.45) is 6.03. The van der Waals surface area contributed by atoms with Gasteiger partial charge >= 0.3 is 0 Å². The molecular formula is C25H23F2N7O2S. The maximum Gasteiger partial charge on any atom is 0.282 e. The number of primary amides is 1. The topological polar surface area (TPSA) is 119 Å². The second-order valence-electron chi connectivity index (χ2n) is 8.77. The van der Waals surface area contributed by atoms with Gasteiger partial charge in [0.05, 0.1) is 22.9 Å². The third-order valence-electron chi connectivity index (χ3n) is 6.57. The van der Waals surface area contributed by atoms with E-state index in [1.807, 2.05) is 4.57 Å². The number of nitrogens with zero attached hydrogens (tertiary/aromatic N) is 5. The number of fused-ring (bicyclic) bond motifs is 1. The maximum atomic E-state index is 13.6. The van der Waals surface area contributed by atoms with Crippen LogP contribution >= 0.6 is 11.3 Å². The van der Waals surface area contributed by atoms with Gasteiger partial charge in [-0.3, -0.25) is 9.59 Å². The Morgan fingerprint density at radius 2 is 1.97 bits per heavy atom. The van der Waals surface area contributed by atoms with Crippen molar-refractivity contribution >= 4 is 45.1 Å². The number of aromatic nitrogens is 4. The molecule has 0 saturated carbocycles. The van der Waals surface area contributed by atoms with Crippen molar-refractivity contribution in [3.8, 4) is 10.4 Å². The average Bonchev–Trinajstić information content (AvgIpc) is 3.61. The zero-order valence-corrected chi connectivity index (χ0v) is 20.5. The zero-order valence-electron chi connectivity index (χ0n) is 19.7. The molecule has 2 amide bonds. The van der Waals surface area contributed by atoms with Crippen molar-refractivity contribution in [2.24, 2.45) is 5.73 Å². The van der Waals surface area contributed by atoms with E-state index in [-0.39, 0.29) is 18.8 Å². The monoisotopic (exact) mass is 523 g/mol. The van der Waals surface area contributed by atoms with Crippen LogP contribution in [-0.4, -0.2) is 48.3 Å². The summed E-state index contributed by atoms with van der Waals surface area (Å²) in [6.45, 7) is 3.64. The van der Waals surface area contributed by atoms with E-state index >= 15 is 0 Å². The molecule has 0 spiro atoms. The number of carbonyl (C=O) groups is 2. The highest BCUT2D eigenvalue weighted by Crippen LogP contribution is 2.35. The molecule has 0 radical (unpaired) electrons. The van der Waals surface area contributed by atoms with Crippen molar-refractivity contribution in [3.63, 3.8) is 0 Å². The normalized spacial score (nSPS) is 17.3. The quantitative estimate of drug-likeness (QED) is 0.335. The Bertz CT molecular complexity index is 1500. The molecule has 5 rings (SSSR count). The van der Waals surface area contributed by atoms with Crippen LogP contribution in [0.2, 0.25) is 0 Å². The van der Waals surface area contributed by atoms with Crippen molar-refractivity contribution in [1.82, 2.24) is 24.4 Å². The first-order valence-corrected chi connectivity index (χ1v) is 12.3. The van der Waals surface area contributed by atoms with Gasteiger partial charge in [0.15, 0.2) is 11.0 Å². The Hall–Kier alpha value is -4.19. The van der Waals surface area contributed by atoms with Crippen LogP contribution in [0.4, 0.5) is 19.7 Å². The molecule has 3 aromatic heterocycles. The number of likely N-dealkylation sites (tertiary alicyclic amines) is 1. The summed E-state index contributed by atoms with van der Waals surface area (Å²) < 4.78 is 28.7. The summed E-state index contributed by atoms with van der Waals surface area (Å²) in [5.74, 6) is -2.47. The van der Waals surface area contributed by atoms with Gasteiger partial charge in [-0.1, -0.05) is 30.0 Å². The molecule has 1 aliphatic rings. The number of rotatable bonds is 8. The minimum absolute atomic E-state index is 0.200. The highest BCUT2D eigenvalue weighted by molar-refractivity contribution is 7.18. The van der Waals surface area contributed by atoms with E-state index in [1.165, 1.54) is 28.4 Å². The summed E-state index contributed by atoms with van der Waals surface area (Å²) >= 11 is 1.40. The Kier molecular flexibility index (Phi) is 6.42. The number of halogens is 2. The first kappa shape index (κ1) is 24.5. The Balaban J connectivity index is 1.35. The number of hydrogen-bond donors (Lipinski definition) is 2. The molecule has 1 atom stereocenters. The van der Waals surface area contributed by atoms with Gasteiger partial charge in [0.2, 0.25) is 5.91 Å². The standard InChI is InChI=1S/C25H23F2N7O2S/c1-15(26)22(35)34-9-2-7-25(34,23(28)36)8-10-33-14-31-18-12-29-21(11-19(18)33)32-24-30-13-20(37-24)16-3-5-17(27)6-4-16/h3-6,11-14H,1-2,7-10H2,(H2,28,36)(H,29,30,32). The van der Waals surface area contributed by atoms with Crippen LogP contribution in [0.25, 0.3) is 21.5 Å². The number of benzene rings is 1. The molecule has 1 unspecified atom stereocenters. The molecule has 4 heterocycles. The Morgan fingerprint density at radius 1 is 1.19 bits per heavy atom. The zero-order chi connectivity index (χ0) is 26.2. The van der Waals surface area contributed by atoms with Gasteiger partial charge in [0.1, 0.15) is 22.7 Å². The molecule has 0 aliphatic carbocycles. The molecule has 4 aromatic rings. The van der Waals surface area contributed by atoms with Gasteiger partial charge in [-0.05, 0) is 37.0 Å². The number of anilines is 2. The third-order valence-corrected chi connectivity index (χ3v) is 7.53. The summed E-state index contributed by atoms with van der Waals surface area (Å²) in [6, 6.07) is 7.98. The number of pyridine rings is 1. The predicted molar refractivity (Wildman–Crippen MR) is 136 cm³/mol. The number of amides is 2. The van der Waals surface area contributed by atoms with E-state index in [0.717, 1.165) is 16.0 Å². The number of nitrogens with one attached hydrogen (secondary N) is 1. The van der Waals surface area contributed by atoms with Gasteiger partial charge in [-0.2, -0.15) is 0 Å². The summed E-state index contributed by atoms with van der Waals surface area (Å²) in [5, 5.41) is 3.78. The SMILES string of the molecule is C=C(F)C(=O)N1CCCC1(CCn1cnc2cnc(Nc3ncc(-c4ccc(F)cc4)s3)cc21)C(N)=O. The number of carbonyl (C=O) groups excluding carboxylic acids is 2. The number of thiazole rings is 1. The molecule has 1 fully saturated rings. The second kappa shape index (κ2) is 9.69. The van der Waals surface area contributed by atoms with E-state index in [1.54, 1.807) is 36.9 Å². The molecule has 0 bridgehead atoms. The van der Waals surface area contributed by atoms with E-state index in [4.69, 9.17) is 5.73 Å². The lowest BCUT2D eigenvalue weighted by Gasteiger charge is -2.35. The van der Waals surface area contributed by atoms with Gasteiger partial charge in [0, 0.05) is 25.4 Å². The molecule has 1 saturated heterocycles. The van der Waals surface area contributed by atoms with Crippen molar-refractivity contribution in [2.75, 3.05) is 11.9 Å². The molecule has 1 aromatic carbocycles. The van der Waals surface area contributed by atoms with Gasteiger partial charge in [-0.15, -0.1) is 0 Å². The van der Waals surface area contributed by atoms with Crippen LogP contribution in [0.3, 0.4) is 0 Å². The van der Waals surface area contributed by atoms with Crippen molar-refractivity contribution in [3.05, 3.63) is 67.3 Å². The van der Waals surface area contributed by atoms with Gasteiger partial charge in [-0.25, -0.2) is 23.7 Å². The summed E-state index contributed by atoms with van der Waals surface area (Å²) in [5.41, 5.74) is 6.67. The molecule has 1 aliphatic heterocycles. The lowest BCUT2D eigenvalue weighted by Crippen LogP contribution is -2.56. The lowest BCUT2D eigenvalue weighted by atomic mass is 9.90. The number of aryl methyl sites for hydroxylation is 1. The number of imidazole rings is 1. The highest BCUT2D eigenvalue weighted by Gasteiger charge is 2.48. The van der Waals surface area contributed by atoms with Crippen LogP contribution in [0.1, 0.15) is 19.3 Å². The summed E-state index contributed by atoms with van der Waals surface area (Å²) in [7, 11) is 0. The molecular weight excluding hydrogens is 500 g/mol. The Morgan fingerprint density at radius 3 is 2.70 bits per heavy atom. The Labute approximate surface area is 214 Å². The van der Waals surface area contributed by atoms with Crippen molar-refractivity contribution in [2.45, 2.75) is 31.3 Å². The lowest BCUT2D eigenvalue weighted by molar-refractivity contribution is -0.142. The second-order valence-corrected chi connectivity index (χ2v) is 9.80. The summed E-state index contributed by atoms with van der Waals surface area (Å²) in [4.78, 5) is 40.0. The van der Waals surface area contributed by atoms with Crippen LogP contribution in [0, 0.1) is 5.82 Å². The number of nitrogens with two attached hydrogens (primary N) is 1. The van der Waals surface area contributed by atoms with Gasteiger partial charge < -0.3 is 20.5 Å². The predicted octanol–water partition coefficient (Wildman–Crippen LogP) is 4.16. The molecule has 12 heteroatoms. The molecule has 190 valence electrons. The third kappa shape index (κ3) is 4.67. The van der Waals surface area contributed by atoms with E-state index in [0.29, 0.717) is 35.9 Å². The minimum Gasteiger partial charge on any atom is -0.368 e. The van der Waals surface area contributed by atoms with Gasteiger partial charge in [0.25, 0.3) is 5.91 Å². The fourth-order valence-electron chi connectivity index (χ4n) is 4.66. The van der Waals surface area contributed by atoms with Crippen molar-refractivity contribution < 1.29 is 18.4 Å². The fourth-order valence-corrected chi connectivity index (χ4v) is 5.49. The number of hydrogen-bond acceptors (Lipinski definition) is 7. The highest BCUT2D eigenvalue weighted by atomic mass is 32.1. The van der Waals surface area contributed by atoms with E-state index in [9.17, 15) is 18.4 Å². The fraction of sp³-hybridized carbons (Fsp3) is 0.240. The molecule has 9 nitrogen and oxygen atoms in total. The van der Waals surface area contributed by atoms with Crippen molar-refractivity contribution in [1.29, 1.82) is 0 Å².